The Labute approximate surface area is 183 Å². The average Bonchev–Trinajstić information content (AvgIpc) is 3.48. The number of amides is 2. The Bertz CT molecular complexity index is 922. The second-order valence-corrected chi connectivity index (χ2v) is 9.30. The van der Waals surface area contributed by atoms with Crippen molar-refractivity contribution in [3.63, 3.8) is 0 Å². The minimum Gasteiger partial charge on any atom is -0.368 e. The lowest BCUT2D eigenvalue weighted by atomic mass is 9.84. The minimum atomic E-state index is -0.441. The van der Waals surface area contributed by atoms with Crippen LogP contribution in [-0.4, -0.2) is 67.6 Å². The highest BCUT2D eigenvalue weighted by atomic mass is 35.5. The number of carbonyl (C=O) groups excluding carboxylic acids is 3. The number of ether oxygens (including phenoxy) is 1. The molecule has 3 atom stereocenters. The molecule has 30 heavy (non-hydrogen) atoms. The molecule has 2 amide bonds. The Morgan fingerprint density at radius 3 is 2.87 bits per heavy atom. The van der Waals surface area contributed by atoms with Gasteiger partial charge >= 0.3 is 0 Å². The van der Waals surface area contributed by atoms with Crippen LogP contribution in [0.2, 0.25) is 4.34 Å². The molecule has 2 fully saturated rings. The number of hydrogen-bond donors (Lipinski definition) is 3. The lowest BCUT2D eigenvalue weighted by Crippen LogP contribution is -2.42. The Kier molecular flexibility index (Phi) is 6.35. The van der Waals surface area contributed by atoms with Crippen molar-refractivity contribution < 1.29 is 19.1 Å². The second kappa shape index (κ2) is 8.99. The van der Waals surface area contributed by atoms with Gasteiger partial charge in [-0.05, 0) is 24.1 Å². The van der Waals surface area contributed by atoms with Gasteiger partial charge in [0, 0.05) is 31.1 Å². The van der Waals surface area contributed by atoms with Crippen LogP contribution in [0.3, 0.4) is 0 Å². The number of carbonyl (C=O) groups is 3. The number of rotatable bonds is 6. The van der Waals surface area contributed by atoms with Gasteiger partial charge in [0.25, 0.3) is 5.91 Å². The smallest absolute Gasteiger partial charge is 0.261 e. The molecule has 1 aromatic rings. The van der Waals surface area contributed by atoms with E-state index in [-0.39, 0.29) is 24.2 Å². The molecule has 8 nitrogen and oxygen atoms in total. The number of hydrogen-bond acceptors (Lipinski definition) is 7. The largest absolute Gasteiger partial charge is 0.368 e. The van der Waals surface area contributed by atoms with Crippen LogP contribution in [0, 0.1) is 5.92 Å². The molecular weight excluding hydrogens is 428 g/mol. The van der Waals surface area contributed by atoms with Gasteiger partial charge in [-0.1, -0.05) is 23.8 Å². The monoisotopic (exact) mass is 450 g/mol. The predicted octanol–water partition coefficient (Wildman–Crippen LogP) is 0.688. The maximum atomic E-state index is 13.2. The maximum Gasteiger partial charge on any atom is 0.261 e. The molecule has 0 aromatic carbocycles. The second-order valence-electron chi connectivity index (χ2n) is 7.58. The van der Waals surface area contributed by atoms with Crippen molar-refractivity contribution in [2.45, 2.75) is 18.5 Å². The molecule has 4 rings (SSSR count). The molecular formula is C20H23ClN4O4S. The molecule has 0 radical (unpaired) electrons. The zero-order valence-corrected chi connectivity index (χ0v) is 17.8. The van der Waals surface area contributed by atoms with Crippen molar-refractivity contribution >= 4 is 40.5 Å². The summed E-state index contributed by atoms with van der Waals surface area (Å²) in [7, 11) is 0. The van der Waals surface area contributed by atoms with E-state index in [9.17, 15) is 14.4 Å². The highest BCUT2D eigenvalue weighted by molar-refractivity contribution is 7.18. The number of halogens is 1. The first kappa shape index (κ1) is 21.2. The quantitative estimate of drug-likeness (QED) is 0.587. The van der Waals surface area contributed by atoms with Gasteiger partial charge in [-0.3, -0.25) is 19.3 Å². The van der Waals surface area contributed by atoms with E-state index in [0.717, 1.165) is 5.57 Å². The molecule has 0 saturated carbocycles. The van der Waals surface area contributed by atoms with Gasteiger partial charge in [-0.15, -0.1) is 11.3 Å². The van der Waals surface area contributed by atoms with E-state index in [2.05, 4.69) is 10.6 Å². The van der Waals surface area contributed by atoms with Crippen molar-refractivity contribution in [2.24, 2.45) is 11.7 Å². The standard InChI is InChI=1S/C20H23ClN4O4S/c21-17-2-1-16(30-17)20(28)24-8-11-5-13(12-7-14(19(22)27)23-9-12)18(26)15(6-11)25-3-4-29-10-25/h1-2,5-6,12,14-15,23H,3-4,7-10H2,(H2,22,27)(H,24,28)/t12?,14-,15?/m0/s1. The number of nitrogens with zero attached hydrogens (tertiary/aromatic N) is 1. The molecule has 160 valence electrons. The van der Waals surface area contributed by atoms with E-state index in [4.69, 9.17) is 22.1 Å². The third-order valence-electron chi connectivity index (χ3n) is 5.60. The van der Waals surface area contributed by atoms with E-state index in [1.807, 2.05) is 17.1 Å². The van der Waals surface area contributed by atoms with Gasteiger partial charge in [-0.25, -0.2) is 0 Å². The van der Waals surface area contributed by atoms with Crippen molar-refractivity contribution in [2.75, 3.05) is 33.0 Å². The molecule has 1 aromatic heterocycles. The summed E-state index contributed by atoms with van der Waals surface area (Å²) in [6, 6.07) is 2.49. The predicted molar refractivity (Wildman–Crippen MR) is 113 cm³/mol. The molecule has 3 heterocycles. The topological polar surface area (TPSA) is 114 Å². The first-order valence-electron chi connectivity index (χ1n) is 9.77. The SMILES string of the molecule is NC(=O)[C@@H]1CC(C2=CC(CNC(=O)c3ccc(Cl)s3)=CC(N3CCOC3)C2=O)CN1. The summed E-state index contributed by atoms with van der Waals surface area (Å²) >= 11 is 7.13. The van der Waals surface area contributed by atoms with Gasteiger partial charge < -0.3 is 21.1 Å². The fourth-order valence-corrected chi connectivity index (χ4v) is 4.97. The zero-order chi connectivity index (χ0) is 21.3. The molecule has 2 unspecified atom stereocenters. The summed E-state index contributed by atoms with van der Waals surface area (Å²) in [5.41, 5.74) is 6.93. The van der Waals surface area contributed by atoms with Crippen LogP contribution in [0.25, 0.3) is 0 Å². The van der Waals surface area contributed by atoms with Crippen LogP contribution < -0.4 is 16.4 Å². The van der Waals surface area contributed by atoms with Gasteiger partial charge in [0.05, 0.1) is 34.6 Å². The normalized spacial score (nSPS) is 27.1. The van der Waals surface area contributed by atoms with Gasteiger partial charge in [-0.2, -0.15) is 0 Å². The number of primary amides is 1. The molecule has 1 aliphatic carbocycles. The van der Waals surface area contributed by atoms with E-state index in [1.165, 1.54) is 11.3 Å². The maximum absolute atomic E-state index is 13.2. The summed E-state index contributed by atoms with van der Waals surface area (Å²) in [6.45, 7) is 2.44. The summed E-state index contributed by atoms with van der Waals surface area (Å²) in [6.07, 6.45) is 4.22. The fraction of sp³-hybridized carbons (Fsp3) is 0.450. The van der Waals surface area contributed by atoms with Crippen LogP contribution >= 0.6 is 22.9 Å². The first-order valence-corrected chi connectivity index (χ1v) is 11.0. The van der Waals surface area contributed by atoms with Gasteiger partial charge in [0.1, 0.15) is 0 Å². The summed E-state index contributed by atoms with van der Waals surface area (Å²) in [4.78, 5) is 39.7. The molecule has 0 spiro atoms. The average molecular weight is 451 g/mol. The van der Waals surface area contributed by atoms with Crippen molar-refractivity contribution in [1.82, 2.24) is 15.5 Å². The highest BCUT2D eigenvalue weighted by Gasteiger charge is 2.38. The van der Waals surface area contributed by atoms with Crippen LogP contribution in [0.4, 0.5) is 0 Å². The molecule has 0 bridgehead atoms. The highest BCUT2D eigenvalue weighted by Crippen LogP contribution is 2.30. The number of nitrogens with two attached hydrogens (primary N) is 1. The van der Waals surface area contributed by atoms with Gasteiger partial charge in [0.15, 0.2) is 5.78 Å². The number of Topliss-reactive ketones (excluding diaryl/α,β-unsaturated/α-hetero) is 1. The number of nitrogens with one attached hydrogen (secondary N) is 2. The number of ketones is 1. The Balaban J connectivity index is 1.52. The van der Waals surface area contributed by atoms with Crippen molar-refractivity contribution in [1.29, 1.82) is 0 Å². The van der Waals surface area contributed by atoms with Gasteiger partial charge in [0.2, 0.25) is 5.91 Å². The van der Waals surface area contributed by atoms with Crippen LogP contribution in [0.5, 0.6) is 0 Å². The zero-order valence-electron chi connectivity index (χ0n) is 16.2. The molecule has 3 aliphatic rings. The lowest BCUT2D eigenvalue weighted by Gasteiger charge is -2.29. The Morgan fingerprint density at radius 2 is 2.23 bits per heavy atom. The van der Waals surface area contributed by atoms with Crippen LogP contribution in [0.15, 0.2) is 35.4 Å². The van der Waals surface area contributed by atoms with Crippen molar-refractivity contribution in [3.8, 4) is 0 Å². The summed E-state index contributed by atoms with van der Waals surface area (Å²) in [5.74, 6) is -0.713. The molecule has 2 aliphatic heterocycles. The van der Waals surface area contributed by atoms with Crippen molar-refractivity contribution in [3.05, 3.63) is 44.6 Å². The molecule has 2 saturated heterocycles. The van der Waals surface area contributed by atoms with Crippen LogP contribution in [-0.2, 0) is 14.3 Å². The lowest BCUT2D eigenvalue weighted by molar-refractivity contribution is -0.121. The fourth-order valence-electron chi connectivity index (χ4n) is 4.01. The molecule has 4 N–H and O–H groups in total. The molecule has 10 heteroatoms. The summed E-state index contributed by atoms with van der Waals surface area (Å²) in [5, 5.41) is 5.99. The first-order chi connectivity index (χ1) is 14.4. The summed E-state index contributed by atoms with van der Waals surface area (Å²) < 4.78 is 5.98. The van der Waals surface area contributed by atoms with E-state index < -0.39 is 18.0 Å². The Hall–Kier alpha value is -2.04. The van der Waals surface area contributed by atoms with E-state index in [1.54, 1.807) is 12.1 Å². The third kappa shape index (κ3) is 4.50. The third-order valence-corrected chi connectivity index (χ3v) is 6.83. The minimum absolute atomic E-state index is 0.0116. The van der Waals surface area contributed by atoms with Crippen LogP contribution in [0.1, 0.15) is 16.1 Å². The van der Waals surface area contributed by atoms with E-state index in [0.29, 0.717) is 47.6 Å². The number of thiophene rings is 1. The Morgan fingerprint density at radius 1 is 1.40 bits per heavy atom. The van der Waals surface area contributed by atoms with E-state index >= 15 is 0 Å².